The van der Waals surface area contributed by atoms with Crippen LogP contribution in [-0.4, -0.2) is 23.2 Å². The summed E-state index contributed by atoms with van der Waals surface area (Å²) in [5, 5.41) is 5.19. The molecular weight excluding hydrogens is 829 g/mol. The molecule has 1 atom stereocenters. The molecule has 1 fully saturated rings. The van der Waals surface area contributed by atoms with Gasteiger partial charge < -0.3 is 4.98 Å². The minimum Gasteiger partial charge on any atom is 0 e. The number of pyridine rings is 2. The first-order valence-electron chi connectivity index (χ1n) is 16.8. The van der Waals surface area contributed by atoms with Crippen LogP contribution >= 0.6 is 11.3 Å². The van der Waals surface area contributed by atoms with Crippen LogP contribution in [0, 0.1) is 25.0 Å². The maximum absolute atomic E-state index is 9.01. The van der Waals surface area contributed by atoms with Gasteiger partial charge in [-0.25, -0.2) is 0 Å². The first kappa shape index (κ1) is 32.4. The standard InChI is InChI=1S/C28H24NS.C14H16GeN.Ir/c1-17-6-3-9-20-12-13-23-22-10-5-11-24(27(22)30-28(23)26(17)20)25-16-21(14-15-29-25)18(2)19-7-4-8-19;1-15(2,3)13-9-10-14(16-11-13)12-7-5-4-6-8-12;/h3,5-6,9-10,12-16,18-19H,4,7-8H2,1-2H3;4-7,9-11H,1-3H3;/q2*-1;/i18D;;. The van der Waals surface area contributed by atoms with Gasteiger partial charge in [0, 0.05) is 37.8 Å². The van der Waals surface area contributed by atoms with Crippen molar-refractivity contribution < 1.29 is 21.5 Å². The monoisotopic (exact) mass is 872 g/mol. The number of thiophene rings is 1. The van der Waals surface area contributed by atoms with Gasteiger partial charge in [-0.15, -0.1) is 23.8 Å². The van der Waals surface area contributed by atoms with E-state index >= 15 is 0 Å². The third-order valence-electron chi connectivity index (χ3n) is 9.45. The molecule has 1 radical (unpaired) electrons. The van der Waals surface area contributed by atoms with Gasteiger partial charge in [0.25, 0.3) is 0 Å². The number of aryl methyl sites for hydroxylation is 1. The van der Waals surface area contributed by atoms with Crippen LogP contribution in [0.15, 0.2) is 103 Å². The van der Waals surface area contributed by atoms with E-state index in [0.29, 0.717) is 5.92 Å². The molecule has 4 aromatic carbocycles. The fourth-order valence-corrected chi connectivity index (χ4v) is 9.97. The molecule has 1 unspecified atom stereocenters. The SMILES string of the molecule is [2H]C(C)(c1ccnc(-c2[c-]ccc3c2sc2c3ccc3cccc(C)c32)c1)C1CCC1.[CH3][Ge]([CH3])([CH3])[c]1ccc(-c2[c-]cccc2)nc1.[Ir]. The minimum absolute atomic E-state index is 0. The molecule has 0 bridgehead atoms. The Morgan fingerprint density at radius 2 is 1.68 bits per heavy atom. The summed E-state index contributed by atoms with van der Waals surface area (Å²) < 4.78 is 13.0. The van der Waals surface area contributed by atoms with E-state index in [2.05, 4.69) is 103 Å². The van der Waals surface area contributed by atoms with E-state index in [1.807, 2.05) is 60.1 Å². The zero-order valence-electron chi connectivity index (χ0n) is 28.6. The van der Waals surface area contributed by atoms with Crippen LogP contribution in [0.2, 0.25) is 17.3 Å². The van der Waals surface area contributed by atoms with Gasteiger partial charge in [0.2, 0.25) is 0 Å². The Morgan fingerprint density at radius 1 is 0.851 bits per heavy atom. The third-order valence-corrected chi connectivity index (χ3v) is 15.0. The molecule has 2 nitrogen and oxygen atoms in total. The number of aromatic nitrogens is 2. The van der Waals surface area contributed by atoms with Gasteiger partial charge in [-0.05, 0) is 64.4 Å². The molecule has 0 saturated heterocycles. The van der Waals surface area contributed by atoms with E-state index in [-0.39, 0.29) is 20.1 Å². The zero-order chi connectivity index (χ0) is 32.8. The van der Waals surface area contributed by atoms with E-state index in [1.165, 1.54) is 47.3 Å². The third kappa shape index (κ3) is 6.89. The summed E-state index contributed by atoms with van der Waals surface area (Å²) in [5.74, 6) is 7.03. The number of fused-ring (bicyclic) bond motifs is 5. The Bertz CT molecular complexity index is 2200. The molecule has 0 amide bonds. The molecule has 5 heteroatoms. The maximum atomic E-state index is 9.01. The average Bonchev–Trinajstić information content (AvgIpc) is 3.43. The van der Waals surface area contributed by atoms with Gasteiger partial charge in [-0.1, -0.05) is 60.7 Å². The number of benzene rings is 4. The van der Waals surface area contributed by atoms with Crippen LogP contribution in [0.25, 0.3) is 53.5 Å². The van der Waals surface area contributed by atoms with Crippen LogP contribution in [0.3, 0.4) is 0 Å². The molecule has 1 saturated carbocycles. The summed E-state index contributed by atoms with van der Waals surface area (Å²) >= 11 is 0.128. The molecule has 0 aliphatic heterocycles. The maximum Gasteiger partial charge on any atom is 0 e. The van der Waals surface area contributed by atoms with Crippen molar-refractivity contribution in [1.82, 2.24) is 9.97 Å². The summed E-state index contributed by atoms with van der Waals surface area (Å²) in [6.07, 6.45) is 7.47. The first-order valence-corrected chi connectivity index (χ1v) is 24.4. The Hall–Kier alpha value is -3.15. The fourth-order valence-electron chi connectivity index (χ4n) is 6.37. The quantitative estimate of drug-likeness (QED) is 0.127. The summed E-state index contributed by atoms with van der Waals surface area (Å²) in [6, 6.07) is 38.3. The van der Waals surface area contributed by atoms with E-state index in [1.54, 1.807) is 0 Å². The minimum atomic E-state index is -1.72. The largest absolute Gasteiger partial charge is 0 e. The topological polar surface area (TPSA) is 25.8 Å². The molecule has 1 aliphatic rings. The zero-order valence-corrected chi connectivity index (χ0v) is 33.0. The van der Waals surface area contributed by atoms with Gasteiger partial charge in [0.1, 0.15) is 0 Å². The van der Waals surface area contributed by atoms with Crippen molar-refractivity contribution in [1.29, 1.82) is 0 Å². The van der Waals surface area contributed by atoms with Gasteiger partial charge in [-0.2, -0.15) is 11.3 Å². The van der Waals surface area contributed by atoms with Crippen molar-refractivity contribution in [3.8, 4) is 22.5 Å². The Morgan fingerprint density at radius 3 is 2.38 bits per heavy atom. The molecule has 0 N–H and O–H groups in total. The fraction of sp³-hybridized carbons (Fsp3) is 0.238. The van der Waals surface area contributed by atoms with Crippen molar-refractivity contribution in [2.24, 2.45) is 5.92 Å². The molecule has 7 aromatic rings. The number of rotatable bonds is 5. The van der Waals surface area contributed by atoms with Crippen molar-refractivity contribution in [3.63, 3.8) is 0 Å². The predicted molar refractivity (Wildman–Crippen MR) is 201 cm³/mol. The smallest absolute Gasteiger partial charge is 0 e. The summed E-state index contributed by atoms with van der Waals surface area (Å²) in [5.41, 5.74) is 6.42. The molecule has 3 heterocycles. The van der Waals surface area contributed by atoms with E-state index in [9.17, 15) is 0 Å². The molecule has 3 aromatic heterocycles. The Labute approximate surface area is 300 Å². The molecule has 47 heavy (non-hydrogen) atoms. The molecule has 239 valence electrons. The first-order chi connectivity index (χ1) is 22.6. The molecule has 0 spiro atoms. The second-order valence-corrected chi connectivity index (χ2v) is 25.2. The number of nitrogens with zero attached hydrogens (tertiary/aromatic N) is 2. The van der Waals surface area contributed by atoms with Crippen molar-refractivity contribution >= 4 is 59.9 Å². The van der Waals surface area contributed by atoms with Gasteiger partial charge >= 0.3 is 99.8 Å². The van der Waals surface area contributed by atoms with Crippen molar-refractivity contribution in [3.05, 3.63) is 127 Å². The van der Waals surface area contributed by atoms with E-state index in [0.717, 1.165) is 40.9 Å². The van der Waals surface area contributed by atoms with Crippen LogP contribution in [0.5, 0.6) is 0 Å². The Kier molecular flexibility index (Phi) is 9.75. The van der Waals surface area contributed by atoms with Crippen LogP contribution in [0.4, 0.5) is 0 Å². The molecule has 1 aliphatic carbocycles. The van der Waals surface area contributed by atoms with Crippen LogP contribution in [0.1, 0.15) is 44.6 Å². The van der Waals surface area contributed by atoms with Gasteiger partial charge in [0.15, 0.2) is 0 Å². The van der Waals surface area contributed by atoms with E-state index in [4.69, 9.17) is 6.35 Å². The van der Waals surface area contributed by atoms with E-state index < -0.39 is 19.2 Å². The van der Waals surface area contributed by atoms with Gasteiger partial charge in [0.05, 0.1) is 0 Å². The number of hydrogen-bond donors (Lipinski definition) is 0. The summed E-state index contributed by atoms with van der Waals surface area (Å²) in [7, 11) is 0. The summed E-state index contributed by atoms with van der Waals surface area (Å²) in [6.45, 7) is 4.26. The predicted octanol–water partition coefficient (Wildman–Crippen LogP) is 11.4. The average molecular weight is 871 g/mol. The van der Waals surface area contributed by atoms with Crippen molar-refractivity contribution in [2.75, 3.05) is 0 Å². The number of hydrogen-bond acceptors (Lipinski definition) is 3. The second-order valence-electron chi connectivity index (χ2n) is 13.5. The van der Waals surface area contributed by atoms with Crippen LogP contribution < -0.4 is 4.40 Å². The Balaban J connectivity index is 0.000000201. The second kappa shape index (κ2) is 14.1. The van der Waals surface area contributed by atoms with Crippen molar-refractivity contribution in [2.45, 2.75) is 56.3 Å². The van der Waals surface area contributed by atoms with Crippen LogP contribution in [-0.2, 0) is 20.1 Å². The molecule has 8 rings (SSSR count). The molecular formula is C42H40GeIrN2S-2. The summed E-state index contributed by atoms with van der Waals surface area (Å²) in [4.78, 5) is 9.25. The normalized spacial score (nSPS) is 14.9. The van der Waals surface area contributed by atoms with Gasteiger partial charge in [-0.3, -0.25) is 0 Å².